The molecule has 9 rings (SSSR count). The second kappa shape index (κ2) is 42.5. The molecule has 1 saturated heterocycles. The molecule has 30 nitrogen and oxygen atoms in total. The van der Waals surface area contributed by atoms with E-state index >= 15 is 0 Å². The van der Waals surface area contributed by atoms with Gasteiger partial charge in [-0.25, -0.2) is 33.6 Å². The summed E-state index contributed by atoms with van der Waals surface area (Å²) in [5, 5.41) is 38.7. The van der Waals surface area contributed by atoms with Crippen LogP contribution in [0.3, 0.4) is 0 Å². The lowest BCUT2D eigenvalue weighted by atomic mass is 9.85. The lowest BCUT2D eigenvalue weighted by molar-refractivity contribution is -0.150. The number of nitrogens with zero attached hydrogens (tertiary/aromatic N) is 8. The van der Waals surface area contributed by atoms with E-state index in [1.54, 1.807) is 46.7 Å². The first-order valence-electron chi connectivity index (χ1n) is 37.6. The first-order chi connectivity index (χ1) is 54.2. The number of carbonyl (C=O) groups is 8. The Morgan fingerprint density at radius 2 is 1.53 bits per heavy atom. The van der Waals surface area contributed by atoms with E-state index in [-0.39, 0.29) is 105 Å². The summed E-state index contributed by atoms with van der Waals surface area (Å²) in [5.74, 6) is -7.91. The number of fused-ring (bicyclic) bond motifs is 1. The van der Waals surface area contributed by atoms with Crippen molar-refractivity contribution in [3.05, 3.63) is 162 Å². The Kier molecular flexibility index (Phi) is 32.6. The number of carboxylic acid groups (broad SMARTS) is 1. The Balaban J connectivity index is 0.658. The van der Waals surface area contributed by atoms with Gasteiger partial charge in [0.1, 0.15) is 35.7 Å². The summed E-state index contributed by atoms with van der Waals surface area (Å²) in [5.41, 5.74) is 12.1. The van der Waals surface area contributed by atoms with Crippen molar-refractivity contribution in [3.63, 3.8) is 0 Å². The molecule has 0 radical (unpaired) electrons. The van der Waals surface area contributed by atoms with Crippen LogP contribution in [-0.2, 0) is 58.0 Å². The van der Waals surface area contributed by atoms with Gasteiger partial charge in [-0.05, 0) is 159 Å². The highest BCUT2D eigenvalue weighted by atomic mass is 127. The highest BCUT2D eigenvalue weighted by molar-refractivity contribution is 14.1. The maximum Gasteiger partial charge on any atom is 0.320 e. The van der Waals surface area contributed by atoms with Crippen molar-refractivity contribution in [1.82, 2.24) is 76.9 Å². The first kappa shape index (κ1) is 86.6. The van der Waals surface area contributed by atoms with E-state index in [9.17, 15) is 61.4 Å². The zero-order valence-corrected chi connectivity index (χ0v) is 66.6. The second-order valence-electron chi connectivity index (χ2n) is 28.7. The van der Waals surface area contributed by atoms with Crippen LogP contribution in [0.15, 0.2) is 102 Å². The molecule has 0 unspecified atom stereocenters. The maximum absolute atomic E-state index is 14.9. The number of hydroxylamine groups is 1. The Labute approximate surface area is 668 Å². The number of hydrogen-bond donors (Lipinski definition) is 11. The normalized spacial score (nSPS) is 14.3. The molecule has 1 fully saturated rings. The highest BCUT2D eigenvalue weighted by Gasteiger charge is 2.46. The molecule has 5 amide bonds. The maximum atomic E-state index is 14.9. The summed E-state index contributed by atoms with van der Waals surface area (Å²) in [6.45, 7) is 11.1. The van der Waals surface area contributed by atoms with Gasteiger partial charge < -0.3 is 52.4 Å². The number of nitrogens with one attached hydrogen (secondary N) is 9. The molecule has 8 aromatic rings. The average molecular weight is 1690 g/mol. The molecule has 1 aliphatic heterocycles. The molecule has 35 heteroatoms. The Morgan fingerprint density at radius 3 is 2.25 bits per heavy atom. The fourth-order valence-corrected chi connectivity index (χ4v) is 13.9. The Hall–Kier alpha value is -10.4. The molecule has 4 aromatic carbocycles. The summed E-state index contributed by atoms with van der Waals surface area (Å²) in [6.07, 6.45) is 11.1. The van der Waals surface area contributed by atoms with Gasteiger partial charge in [-0.15, -0.1) is 16.4 Å². The van der Waals surface area contributed by atoms with Crippen molar-refractivity contribution >= 4 is 115 Å². The van der Waals surface area contributed by atoms with E-state index in [4.69, 9.17) is 15.3 Å². The van der Waals surface area contributed by atoms with Gasteiger partial charge in [-0.3, -0.25) is 63.0 Å². The van der Waals surface area contributed by atoms with Crippen LogP contribution in [0.25, 0.3) is 21.6 Å². The van der Waals surface area contributed by atoms with Crippen LogP contribution in [0.2, 0.25) is 0 Å². The van der Waals surface area contributed by atoms with Gasteiger partial charge in [0, 0.05) is 47.0 Å². The minimum Gasteiger partial charge on any atom is -0.480 e. The number of anilines is 4. The number of halogens is 4. The van der Waals surface area contributed by atoms with Gasteiger partial charge in [0.25, 0.3) is 11.5 Å². The van der Waals surface area contributed by atoms with Crippen LogP contribution in [-0.4, -0.2) is 154 Å². The predicted molar refractivity (Wildman–Crippen MR) is 426 cm³/mol. The number of benzene rings is 4. The van der Waals surface area contributed by atoms with Crippen LogP contribution < -0.4 is 54.0 Å². The molecular weight excluding hydrogens is 1600 g/mol. The number of aromatic nitrogens is 8. The van der Waals surface area contributed by atoms with Gasteiger partial charge in [-0.2, -0.15) is 4.98 Å². The minimum absolute atomic E-state index is 0.00729. The Bertz CT molecular complexity index is 4660. The lowest BCUT2D eigenvalue weighted by Gasteiger charge is -2.35. The molecule has 4 aromatic heterocycles. The van der Waals surface area contributed by atoms with Crippen molar-refractivity contribution in [2.75, 3.05) is 49.2 Å². The lowest BCUT2D eigenvalue weighted by Crippen LogP contribution is -2.57. The molecule has 1 aliphatic rings. The third-order valence-electron chi connectivity index (χ3n) is 18.8. The van der Waals surface area contributed by atoms with E-state index in [2.05, 4.69) is 77.9 Å². The zero-order chi connectivity index (χ0) is 81.1. The summed E-state index contributed by atoms with van der Waals surface area (Å²) < 4.78 is 51.6. The number of carbonyl (C=O) groups excluding carboxylic acids is 7. The SMILES string of the molecule is Cc1ncsc1-c1ccc([C@H](C)NC(=O)[C@@H]2C[C@@H](OC(=O)CCCCn3cc(CNC(=O)CC[C@H](NCC(=O)c4ccc(NCc5cnc6nc(N)[nH]c(=O)c6n5)cc4)C(=O)O)nn3)CN2C(=O)[C@@H](NC(=O)CCCCCCCCCCNCCCONC(=O)c2ccc(F)c(F)c2Nc2ccc(I)cc2F)C(C)(C)C)cc1. The average Bonchev–Trinajstić information content (AvgIpc) is 1.51. The minimum atomic E-state index is -1.33. The number of unbranched alkanes of at least 4 members (excludes halogenated alkanes) is 8. The molecule has 0 bridgehead atoms. The van der Waals surface area contributed by atoms with E-state index in [0.717, 1.165) is 85.3 Å². The molecule has 12 N–H and O–H groups in total. The summed E-state index contributed by atoms with van der Waals surface area (Å²) in [4.78, 5) is 147. The number of H-pyrrole nitrogens is 1. The number of ether oxygens (including phenoxy) is 1. The van der Waals surface area contributed by atoms with Crippen molar-refractivity contribution in [1.29, 1.82) is 0 Å². The van der Waals surface area contributed by atoms with Crippen LogP contribution in [0.1, 0.15) is 180 Å². The number of thiazole rings is 1. The third-order valence-corrected chi connectivity index (χ3v) is 20.5. The number of aliphatic carboxylic acids is 1. The molecule has 5 heterocycles. The van der Waals surface area contributed by atoms with Crippen molar-refractivity contribution in [3.8, 4) is 10.4 Å². The third kappa shape index (κ3) is 26.4. The van der Waals surface area contributed by atoms with Crippen LogP contribution in [0.4, 0.5) is 36.2 Å². The van der Waals surface area contributed by atoms with E-state index in [1.165, 1.54) is 34.6 Å². The van der Waals surface area contributed by atoms with Gasteiger partial charge in [-0.1, -0.05) is 88.8 Å². The van der Waals surface area contributed by atoms with E-state index in [0.29, 0.717) is 65.0 Å². The topological polar surface area (TPSA) is 416 Å². The molecular formula is C78H96F3IN18O12S. The van der Waals surface area contributed by atoms with Crippen molar-refractivity contribution in [2.24, 2.45) is 5.41 Å². The molecule has 113 heavy (non-hydrogen) atoms. The smallest absolute Gasteiger partial charge is 0.320 e. The highest BCUT2D eigenvalue weighted by Crippen LogP contribution is 2.33. The number of likely N-dealkylation sites (tertiary alicyclic amines) is 1. The molecule has 604 valence electrons. The van der Waals surface area contributed by atoms with Gasteiger partial charge in [0.15, 0.2) is 28.6 Å². The number of nitrogen functional groups attached to an aromatic ring is 1. The van der Waals surface area contributed by atoms with E-state index < -0.39 is 100.0 Å². The second-order valence-corrected chi connectivity index (χ2v) is 30.8. The number of rotatable bonds is 44. The number of nitrogens with two attached hydrogens (primary N) is 1. The number of Topliss-reactive ketones (excluding diaryl/α,β-unsaturated/α-hetero) is 1. The van der Waals surface area contributed by atoms with E-state index in [1.807, 2.05) is 81.5 Å². The largest absolute Gasteiger partial charge is 0.480 e. The standard InChI is InChI=1S/C78H96F3IN18O12S/c1-46(48-19-21-50(22-20-48)69-47(2)89-45-113-69)90-73(106)61-38-55(44-100(61)75(108)70(78(3,4)5)93-64(103)17-12-10-8-6-7-9-11-14-33-84-34-16-36-111-97-72(105)56-28-29-57(79)66(81)67(56)92-59-30-25-51(82)37-58(59)80)112-65(104)18-13-15-35-99-43-54(96-98-99)41-87-63(102)32-31-60(76(109)110)86-42-62(101)49-23-26-52(27-24-49)85-39-53-40-88-71-68(91-53)74(107)95-77(83)94-71/h19-30,37,40,43,45-46,55,60-61,70,84-86,92H,6-18,31-36,38-39,41-42,44H2,1-5H3,(H,87,102)(H,90,106)(H,93,103)(H,97,105)(H,109,110)(H3,83,88,94,95,107)/t46-,55+,60-,61-,70+/m0/s1. The van der Waals surface area contributed by atoms with Crippen LogP contribution >= 0.6 is 33.9 Å². The number of hydrogen-bond acceptors (Lipinski definition) is 23. The number of esters is 1. The van der Waals surface area contributed by atoms with Gasteiger partial charge in [0.2, 0.25) is 29.6 Å². The summed E-state index contributed by atoms with van der Waals surface area (Å²) >= 11 is 3.45. The Morgan fingerprint density at radius 1 is 0.805 bits per heavy atom. The van der Waals surface area contributed by atoms with Crippen LogP contribution in [0.5, 0.6) is 0 Å². The fraction of sp³-hybridized carbons (Fsp3) is 0.449. The van der Waals surface area contributed by atoms with Crippen molar-refractivity contribution in [2.45, 2.75) is 187 Å². The van der Waals surface area contributed by atoms with Gasteiger partial charge in [0.05, 0.1) is 89.9 Å². The number of ketones is 1. The van der Waals surface area contributed by atoms with Gasteiger partial charge >= 0.3 is 11.9 Å². The van der Waals surface area contributed by atoms with Crippen LogP contribution in [0, 0.1) is 33.4 Å². The summed E-state index contributed by atoms with van der Waals surface area (Å²) in [6, 6.07) is 16.6. The van der Waals surface area contributed by atoms with Crippen molar-refractivity contribution < 1.29 is 66.2 Å². The molecule has 0 saturated carbocycles. The number of aromatic amines is 1. The number of carboxylic acids is 1. The predicted octanol–water partition coefficient (Wildman–Crippen LogP) is 9.96. The quantitative estimate of drug-likeness (QED) is 0.00556. The summed E-state index contributed by atoms with van der Waals surface area (Å²) in [7, 11) is 0. The fourth-order valence-electron chi connectivity index (χ4n) is 12.6. The molecule has 5 atom stereocenters. The monoisotopic (exact) mass is 1690 g/mol. The number of aryl methyl sites for hydroxylation is 2. The molecule has 0 aliphatic carbocycles. The number of amides is 5. The zero-order valence-electron chi connectivity index (χ0n) is 63.6. The first-order valence-corrected chi connectivity index (χ1v) is 39.6. The molecule has 0 spiro atoms.